The molecule has 1 aliphatic heterocycles. The van der Waals surface area contributed by atoms with Gasteiger partial charge in [0.1, 0.15) is 0 Å². The van der Waals surface area contributed by atoms with E-state index in [1.807, 2.05) is 0 Å². The van der Waals surface area contributed by atoms with Gasteiger partial charge in [-0.05, 0) is 18.2 Å². The Bertz CT molecular complexity index is 1030. The lowest BCUT2D eigenvalue weighted by atomic mass is 10.0. The molecule has 2 heterocycles. The quantitative estimate of drug-likeness (QED) is 0.638. The number of benzene rings is 1. The number of amides is 3. The molecular formula is C19H19N5O4. The van der Waals surface area contributed by atoms with Crippen molar-refractivity contribution >= 4 is 23.4 Å². The topological polar surface area (TPSA) is 131 Å². The summed E-state index contributed by atoms with van der Waals surface area (Å²) in [6.45, 7) is 1.75. The Morgan fingerprint density at radius 2 is 2.14 bits per heavy atom. The number of primary amides is 1. The summed E-state index contributed by atoms with van der Waals surface area (Å²) < 4.78 is 1.39. The van der Waals surface area contributed by atoms with Gasteiger partial charge in [0.15, 0.2) is 5.69 Å². The van der Waals surface area contributed by atoms with Crippen molar-refractivity contribution in [1.82, 2.24) is 14.7 Å². The molecule has 1 aromatic carbocycles. The first-order valence-corrected chi connectivity index (χ1v) is 8.48. The minimum absolute atomic E-state index is 0.0689. The highest BCUT2D eigenvalue weighted by Gasteiger charge is 2.42. The molecule has 0 bridgehead atoms. The van der Waals surface area contributed by atoms with E-state index in [4.69, 9.17) is 5.73 Å². The second kappa shape index (κ2) is 7.17. The number of hydrogen-bond acceptors (Lipinski definition) is 5. The number of likely N-dealkylation sites (N-methyl/N-ethyl adjacent to an activating group) is 1. The standard InChI is InChI=1S/C19H19N5O4/c1-12(25)21-15-11-24(22-16(15)17(20)26)14-5-3-4-13(10-14)6-7-19(28)8-9-23(2)18(19)27/h3-5,10-11,28H,8-9H2,1-2H3,(H2,20,26)(H,21,25). The van der Waals surface area contributed by atoms with E-state index >= 15 is 0 Å². The van der Waals surface area contributed by atoms with Crippen LogP contribution in [-0.2, 0) is 9.59 Å². The Kier molecular flexibility index (Phi) is 4.90. The normalized spacial score (nSPS) is 18.5. The molecule has 28 heavy (non-hydrogen) atoms. The third-order valence-electron chi connectivity index (χ3n) is 4.29. The molecule has 2 aromatic rings. The van der Waals surface area contributed by atoms with E-state index in [0.29, 0.717) is 17.8 Å². The predicted octanol–water partition coefficient (Wildman–Crippen LogP) is -0.126. The predicted molar refractivity (Wildman–Crippen MR) is 100 cm³/mol. The zero-order chi connectivity index (χ0) is 20.5. The van der Waals surface area contributed by atoms with Crippen molar-refractivity contribution in [2.75, 3.05) is 18.9 Å². The summed E-state index contributed by atoms with van der Waals surface area (Å²) in [5, 5.41) is 17.0. The van der Waals surface area contributed by atoms with Crippen LogP contribution >= 0.6 is 0 Å². The van der Waals surface area contributed by atoms with E-state index in [1.165, 1.54) is 22.7 Å². The number of rotatable bonds is 3. The van der Waals surface area contributed by atoms with Gasteiger partial charge in [-0.1, -0.05) is 17.9 Å². The van der Waals surface area contributed by atoms with Crippen molar-refractivity contribution in [3.63, 3.8) is 0 Å². The number of carbonyl (C=O) groups excluding carboxylic acids is 3. The summed E-state index contributed by atoms with van der Waals surface area (Å²) in [7, 11) is 1.61. The molecular weight excluding hydrogens is 362 g/mol. The maximum absolute atomic E-state index is 12.0. The summed E-state index contributed by atoms with van der Waals surface area (Å²) in [4.78, 5) is 36.3. The number of likely N-dealkylation sites (tertiary alicyclic amines) is 1. The van der Waals surface area contributed by atoms with E-state index in [9.17, 15) is 19.5 Å². The van der Waals surface area contributed by atoms with Gasteiger partial charge >= 0.3 is 0 Å². The summed E-state index contributed by atoms with van der Waals surface area (Å²) in [5.41, 5.74) is 4.87. The van der Waals surface area contributed by atoms with E-state index in [0.717, 1.165) is 0 Å². The first kappa shape index (κ1) is 19.1. The maximum atomic E-state index is 12.0. The van der Waals surface area contributed by atoms with E-state index in [2.05, 4.69) is 22.3 Å². The van der Waals surface area contributed by atoms with Gasteiger partial charge in [-0.15, -0.1) is 0 Å². The van der Waals surface area contributed by atoms with Crippen molar-refractivity contribution in [2.24, 2.45) is 5.73 Å². The summed E-state index contributed by atoms with van der Waals surface area (Å²) in [6.07, 6.45) is 1.72. The van der Waals surface area contributed by atoms with Crippen molar-refractivity contribution in [1.29, 1.82) is 0 Å². The molecule has 3 rings (SSSR count). The molecule has 9 heteroatoms. The molecule has 1 unspecified atom stereocenters. The molecule has 3 amide bonds. The van der Waals surface area contributed by atoms with Crippen LogP contribution in [0.15, 0.2) is 30.5 Å². The van der Waals surface area contributed by atoms with Crippen molar-refractivity contribution < 1.29 is 19.5 Å². The number of aromatic nitrogens is 2. The van der Waals surface area contributed by atoms with Crippen LogP contribution in [0.3, 0.4) is 0 Å². The van der Waals surface area contributed by atoms with Crippen LogP contribution in [0.2, 0.25) is 0 Å². The van der Waals surface area contributed by atoms with E-state index in [1.54, 1.807) is 31.3 Å². The summed E-state index contributed by atoms with van der Waals surface area (Å²) in [5.74, 6) is 3.91. The highest BCUT2D eigenvalue weighted by Crippen LogP contribution is 2.21. The van der Waals surface area contributed by atoms with Gasteiger partial charge in [-0.2, -0.15) is 5.10 Å². The number of anilines is 1. The molecule has 4 N–H and O–H groups in total. The Morgan fingerprint density at radius 3 is 2.75 bits per heavy atom. The van der Waals surface area contributed by atoms with E-state index < -0.39 is 17.4 Å². The number of hydrogen-bond donors (Lipinski definition) is 3. The molecule has 144 valence electrons. The molecule has 1 saturated heterocycles. The van der Waals surface area contributed by atoms with Crippen LogP contribution < -0.4 is 11.1 Å². The molecule has 0 aliphatic carbocycles. The van der Waals surface area contributed by atoms with Crippen LogP contribution in [0.25, 0.3) is 5.69 Å². The van der Waals surface area contributed by atoms with Gasteiger partial charge in [0.25, 0.3) is 11.8 Å². The Morgan fingerprint density at radius 1 is 1.39 bits per heavy atom. The smallest absolute Gasteiger partial charge is 0.271 e. The van der Waals surface area contributed by atoms with Crippen molar-refractivity contribution in [3.05, 3.63) is 41.7 Å². The highest BCUT2D eigenvalue weighted by molar-refractivity contribution is 6.01. The number of carbonyl (C=O) groups is 3. The second-order valence-corrected chi connectivity index (χ2v) is 6.52. The number of aliphatic hydroxyl groups is 1. The van der Waals surface area contributed by atoms with Crippen LogP contribution in [0, 0.1) is 11.8 Å². The number of nitrogens with two attached hydrogens (primary N) is 1. The molecule has 0 radical (unpaired) electrons. The first-order valence-electron chi connectivity index (χ1n) is 8.48. The lowest BCUT2D eigenvalue weighted by Gasteiger charge is -2.13. The zero-order valence-corrected chi connectivity index (χ0v) is 15.4. The SMILES string of the molecule is CC(=O)Nc1cn(-c2cccc(C#CC3(O)CCN(C)C3=O)c2)nc1C(N)=O. The summed E-state index contributed by atoms with van der Waals surface area (Å²) in [6, 6.07) is 6.84. The minimum Gasteiger partial charge on any atom is -0.369 e. The Balaban J connectivity index is 1.93. The average molecular weight is 381 g/mol. The van der Waals surface area contributed by atoms with Gasteiger partial charge in [0, 0.05) is 32.5 Å². The molecule has 0 saturated carbocycles. The molecule has 0 spiro atoms. The van der Waals surface area contributed by atoms with E-state index in [-0.39, 0.29) is 23.7 Å². The monoisotopic (exact) mass is 381 g/mol. The van der Waals surface area contributed by atoms with Crippen molar-refractivity contribution in [2.45, 2.75) is 18.9 Å². The van der Waals surface area contributed by atoms with Gasteiger partial charge in [-0.3, -0.25) is 14.4 Å². The average Bonchev–Trinajstić information content (AvgIpc) is 3.17. The maximum Gasteiger partial charge on any atom is 0.271 e. The fraction of sp³-hybridized carbons (Fsp3) is 0.263. The van der Waals surface area contributed by atoms with Crippen molar-refractivity contribution in [3.8, 4) is 17.5 Å². The number of nitrogens with zero attached hydrogens (tertiary/aromatic N) is 3. The van der Waals surface area contributed by atoms with Crippen LogP contribution in [0.1, 0.15) is 29.4 Å². The molecule has 1 fully saturated rings. The second-order valence-electron chi connectivity index (χ2n) is 6.52. The molecule has 1 atom stereocenters. The fourth-order valence-corrected chi connectivity index (χ4v) is 2.84. The Labute approximate surface area is 161 Å². The van der Waals surface area contributed by atoms with Crippen LogP contribution in [0.4, 0.5) is 5.69 Å². The first-order chi connectivity index (χ1) is 13.2. The highest BCUT2D eigenvalue weighted by atomic mass is 16.3. The van der Waals surface area contributed by atoms with Gasteiger partial charge in [-0.25, -0.2) is 4.68 Å². The largest absolute Gasteiger partial charge is 0.369 e. The lowest BCUT2D eigenvalue weighted by Crippen LogP contribution is -2.37. The van der Waals surface area contributed by atoms with Gasteiger partial charge in [0.05, 0.1) is 17.6 Å². The summed E-state index contributed by atoms with van der Waals surface area (Å²) >= 11 is 0. The molecule has 1 aliphatic rings. The molecule has 9 nitrogen and oxygen atoms in total. The lowest BCUT2D eigenvalue weighted by molar-refractivity contribution is -0.137. The van der Waals surface area contributed by atoms with Gasteiger partial charge < -0.3 is 21.1 Å². The minimum atomic E-state index is -1.69. The molecule has 1 aromatic heterocycles. The van der Waals surface area contributed by atoms with Crippen LogP contribution in [-0.4, -0.2) is 56.7 Å². The van der Waals surface area contributed by atoms with Gasteiger partial charge in [0.2, 0.25) is 11.5 Å². The number of nitrogens with one attached hydrogen (secondary N) is 1. The Hall–Kier alpha value is -3.64. The van der Waals surface area contributed by atoms with Crippen LogP contribution in [0.5, 0.6) is 0 Å². The fourth-order valence-electron chi connectivity index (χ4n) is 2.84. The third-order valence-corrected chi connectivity index (χ3v) is 4.29. The third kappa shape index (κ3) is 3.72. The zero-order valence-electron chi connectivity index (χ0n) is 15.4.